The number of hydrogen-bond acceptors (Lipinski definition) is 2. The molecule has 0 saturated carbocycles. The fourth-order valence-electron chi connectivity index (χ4n) is 2.63. The van der Waals surface area contributed by atoms with E-state index in [1.165, 1.54) is 16.7 Å². The first-order valence-electron chi connectivity index (χ1n) is 6.78. The third kappa shape index (κ3) is 3.07. The van der Waals surface area contributed by atoms with Gasteiger partial charge in [0, 0.05) is 0 Å². The van der Waals surface area contributed by atoms with E-state index in [2.05, 4.69) is 42.7 Å². The monoisotopic (exact) mass is 262 g/mol. The highest BCUT2D eigenvalue weighted by atomic mass is 16.3. The predicted molar refractivity (Wildman–Crippen MR) is 75.0 cm³/mol. The molecule has 0 bridgehead atoms. The van der Waals surface area contributed by atoms with Gasteiger partial charge in [0.1, 0.15) is 0 Å². The van der Waals surface area contributed by atoms with Crippen molar-refractivity contribution in [1.29, 1.82) is 0 Å². The van der Waals surface area contributed by atoms with Gasteiger partial charge in [-0.15, -0.1) is 0 Å². The minimum atomic E-state index is -0.228. The number of carbonyl (C=O) groups is 1. The van der Waals surface area contributed by atoms with Crippen molar-refractivity contribution in [2.75, 3.05) is 6.61 Å². The van der Waals surface area contributed by atoms with E-state index in [1.54, 1.807) is 6.92 Å². The average molecular weight is 262 g/mol. The van der Waals surface area contributed by atoms with Crippen molar-refractivity contribution in [2.45, 2.75) is 39.3 Å². The summed E-state index contributed by atoms with van der Waals surface area (Å²) in [7, 11) is 0. The lowest BCUT2D eigenvalue weighted by Crippen LogP contribution is -2.44. The van der Waals surface area contributed by atoms with Crippen molar-refractivity contribution < 1.29 is 9.90 Å². The zero-order chi connectivity index (χ0) is 14.0. The van der Waals surface area contributed by atoms with Crippen LogP contribution in [0.4, 0.5) is 4.79 Å². The highest BCUT2D eigenvalue weighted by Gasteiger charge is 2.30. The molecule has 0 spiro atoms. The maximum absolute atomic E-state index is 11.9. The molecule has 1 aromatic rings. The number of urea groups is 1. The van der Waals surface area contributed by atoms with Gasteiger partial charge in [0.05, 0.1) is 18.7 Å². The molecule has 2 rings (SSSR count). The standard InChI is InChI=1S/C15H22N2O2/c1-9-4-5-12-7-10(2)14(13(12)6-9)17-15(19)16-11(3)8-18/h4-6,10-11,14,18H,7-8H2,1-3H3,(H2,16,17,19)/t10?,11-,14?/m0/s1. The van der Waals surface area contributed by atoms with Gasteiger partial charge >= 0.3 is 6.03 Å². The summed E-state index contributed by atoms with van der Waals surface area (Å²) < 4.78 is 0. The Morgan fingerprint density at radius 3 is 2.95 bits per heavy atom. The molecule has 4 nitrogen and oxygen atoms in total. The summed E-state index contributed by atoms with van der Waals surface area (Å²) in [5.74, 6) is 0.395. The number of aliphatic hydroxyl groups excluding tert-OH is 1. The molecular formula is C15H22N2O2. The van der Waals surface area contributed by atoms with E-state index in [9.17, 15) is 4.79 Å². The second kappa shape index (κ2) is 5.61. The van der Waals surface area contributed by atoms with Crippen molar-refractivity contribution in [3.8, 4) is 0 Å². The Balaban J connectivity index is 2.09. The van der Waals surface area contributed by atoms with Gasteiger partial charge in [-0.25, -0.2) is 4.79 Å². The number of nitrogens with one attached hydrogen (secondary N) is 2. The Hall–Kier alpha value is -1.55. The van der Waals surface area contributed by atoms with Gasteiger partial charge in [0.2, 0.25) is 0 Å². The number of fused-ring (bicyclic) bond motifs is 1. The van der Waals surface area contributed by atoms with Crippen LogP contribution in [-0.4, -0.2) is 23.8 Å². The molecule has 3 atom stereocenters. The number of amides is 2. The third-order valence-corrected chi connectivity index (χ3v) is 3.69. The lowest BCUT2D eigenvalue weighted by molar-refractivity contribution is 0.215. The Morgan fingerprint density at radius 2 is 2.26 bits per heavy atom. The van der Waals surface area contributed by atoms with E-state index in [-0.39, 0.29) is 24.7 Å². The average Bonchev–Trinajstić information content (AvgIpc) is 2.66. The number of carbonyl (C=O) groups excluding carboxylic acids is 1. The van der Waals surface area contributed by atoms with Crippen molar-refractivity contribution in [3.05, 3.63) is 34.9 Å². The Kier molecular flexibility index (Phi) is 4.10. The lowest BCUT2D eigenvalue weighted by Gasteiger charge is -2.21. The molecule has 104 valence electrons. The summed E-state index contributed by atoms with van der Waals surface area (Å²) >= 11 is 0. The van der Waals surface area contributed by atoms with E-state index in [1.807, 2.05) is 0 Å². The van der Waals surface area contributed by atoms with Crippen molar-refractivity contribution in [1.82, 2.24) is 10.6 Å². The van der Waals surface area contributed by atoms with Crippen LogP contribution in [0.25, 0.3) is 0 Å². The van der Waals surface area contributed by atoms with Crippen LogP contribution in [0, 0.1) is 12.8 Å². The molecule has 3 N–H and O–H groups in total. The molecule has 0 aliphatic heterocycles. The summed E-state index contributed by atoms with van der Waals surface area (Å²) in [6, 6.07) is 6.03. The number of rotatable bonds is 3. The highest BCUT2D eigenvalue weighted by molar-refractivity contribution is 5.75. The molecule has 0 aromatic heterocycles. The maximum atomic E-state index is 11.9. The minimum absolute atomic E-state index is 0.0522. The first-order valence-corrected chi connectivity index (χ1v) is 6.78. The summed E-state index contributed by atoms with van der Waals surface area (Å²) in [5, 5.41) is 14.7. The van der Waals surface area contributed by atoms with Gasteiger partial charge in [-0.2, -0.15) is 0 Å². The molecule has 4 heteroatoms. The van der Waals surface area contributed by atoms with Crippen molar-refractivity contribution in [3.63, 3.8) is 0 Å². The van der Waals surface area contributed by atoms with E-state index in [4.69, 9.17) is 5.11 Å². The van der Waals surface area contributed by atoms with Gasteiger partial charge in [-0.05, 0) is 37.3 Å². The second-order valence-corrected chi connectivity index (χ2v) is 5.56. The molecule has 2 amide bonds. The summed E-state index contributed by atoms with van der Waals surface area (Å²) in [6.45, 7) is 5.93. The fourth-order valence-corrected chi connectivity index (χ4v) is 2.63. The SMILES string of the molecule is Cc1ccc2c(c1)C(NC(=O)N[C@@H](C)CO)C(C)C2. The Bertz CT molecular complexity index is 473. The fraction of sp³-hybridized carbons (Fsp3) is 0.533. The molecule has 2 unspecified atom stereocenters. The normalized spacial score (nSPS) is 22.7. The first-order chi connectivity index (χ1) is 9.01. The number of benzene rings is 1. The molecule has 1 aliphatic rings. The highest BCUT2D eigenvalue weighted by Crippen LogP contribution is 2.36. The molecule has 0 radical (unpaired) electrons. The van der Waals surface area contributed by atoms with Crippen LogP contribution >= 0.6 is 0 Å². The van der Waals surface area contributed by atoms with E-state index in [0.717, 1.165) is 6.42 Å². The molecule has 0 heterocycles. The lowest BCUT2D eigenvalue weighted by atomic mass is 10.0. The summed E-state index contributed by atoms with van der Waals surface area (Å²) in [4.78, 5) is 11.9. The predicted octanol–water partition coefficient (Wildman–Crippen LogP) is 1.91. The van der Waals surface area contributed by atoms with E-state index < -0.39 is 0 Å². The van der Waals surface area contributed by atoms with Crippen LogP contribution in [-0.2, 0) is 6.42 Å². The molecule has 0 fully saturated rings. The second-order valence-electron chi connectivity index (χ2n) is 5.56. The minimum Gasteiger partial charge on any atom is -0.394 e. The van der Waals surface area contributed by atoms with Crippen molar-refractivity contribution in [2.24, 2.45) is 5.92 Å². The van der Waals surface area contributed by atoms with Crippen LogP contribution in [0.5, 0.6) is 0 Å². The molecule has 1 aromatic carbocycles. The third-order valence-electron chi connectivity index (χ3n) is 3.69. The molecule has 0 saturated heterocycles. The Morgan fingerprint density at radius 1 is 1.53 bits per heavy atom. The molecule has 1 aliphatic carbocycles. The number of aliphatic hydroxyl groups is 1. The zero-order valence-corrected chi connectivity index (χ0v) is 11.7. The van der Waals surface area contributed by atoms with E-state index in [0.29, 0.717) is 5.92 Å². The van der Waals surface area contributed by atoms with Gasteiger partial charge < -0.3 is 15.7 Å². The molecular weight excluding hydrogens is 240 g/mol. The van der Waals surface area contributed by atoms with E-state index >= 15 is 0 Å². The van der Waals surface area contributed by atoms with Crippen LogP contribution in [0.15, 0.2) is 18.2 Å². The van der Waals surface area contributed by atoms with Gasteiger partial charge in [-0.1, -0.05) is 30.7 Å². The smallest absolute Gasteiger partial charge is 0.315 e. The van der Waals surface area contributed by atoms with Crippen molar-refractivity contribution >= 4 is 6.03 Å². The maximum Gasteiger partial charge on any atom is 0.315 e. The van der Waals surface area contributed by atoms with Crippen LogP contribution in [0.3, 0.4) is 0 Å². The number of aryl methyl sites for hydroxylation is 1. The Labute approximate surface area is 114 Å². The summed E-state index contributed by atoms with van der Waals surface area (Å²) in [6.07, 6.45) is 0.996. The van der Waals surface area contributed by atoms with Crippen LogP contribution < -0.4 is 10.6 Å². The van der Waals surface area contributed by atoms with Gasteiger partial charge in [0.25, 0.3) is 0 Å². The van der Waals surface area contributed by atoms with Gasteiger partial charge in [-0.3, -0.25) is 0 Å². The summed E-state index contributed by atoms with van der Waals surface area (Å²) in [5.41, 5.74) is 3.75. The zero-order valence-electron chi connectivity index (χ0n) is 11.7. The molecule has 19 heavy (non-hydrogen) atoms. The van der Waals surface area contributed by atoms with Gasteiger partial charge in [0.15, 0.2) is 0 Å². The van der Waals surface area contributed by atoms with Crippen LogP contribution in [0.2, 0.25) is 0 Å². The topological polar surface area (TPSA) is 61.4 Å². The largest absolute Gasteiger partial charge is 0.394 e. The first kappa shape index (κ1) is 13.9. The quantitative estimate of drug-likeness (QED) is 0.779. The van der Waals surface area contributed by atoms with Crippen LogP contribution in [0.1, 0.15) is 36.6 Å². The number of hydrogen-bond donors (Lipinski definition) is 3.